The van der Waals surface area contributed by atoms with Crippen molar-refractivity contribution in [2.45, 2.75) is 51.7 Å². The molecule has 0 saturated heterocycles. The molecule has 0 rings (SSSR count). The number of nitrogens with two attached hydrogens (primary N) is 1. The first-order chi connectivity index (χ1) is 12.0. The molecule has 0 aromatic carbocycles. The maximum absolute atomic E-state index is 12.1. The average Bonchev–Trinajstić information content (AvgIpc) is 2.56. The molecule has 4 atom stereocenters. The van der Waals surface area contributed by atoms with Crippen LogP contribution < -0.4 is 21.7 Å². The van der Waals surface area contributed by atoms with E-state index in [-0.39, 0.29) is 5.92 Å². The molecule has 0 aliphatic rings. The Hall–Kier alpha value is -2.69. The molecule has 0 heterocycles. The predicted octanol–water partition coefficient (Wildman–Crippen LogP) is -1.98. The fourth-order valence-electron chi connectivity index (χ4n) is 1.98. The Morgan fingerprint density at radius 2 is 1.54 bits per heavy atom. The SMILES string of the molecule is CCC(C)C(NC(=O)C(C)NC(=O)C(CC(=O)O)NC(=O)CN)C(=O)O. The second-order valence-corrected chi connectivity index (χ2v) is 5.86. The van der Waals surface area contributed by atoms with Crippen LogP contribution >= 0.6 is 0 Å². The van der Waals surface area contributed by atoms with Gasteiger partial charge in [0, 0.05) is 0 Å². The van der Waals surface area contributed by atoms with E-state index in [1.807, 2.05) is 0 Å². The first-order valence-electron chi connectivity index (χ1n) is 8.08. The molecule has 4 unspecified atom stereocenters. The van der Waals surface area contributed by atoms with Crippen molar-refractivity contribution in [3.63, 3.8) is 0 Å². The minimum absolute atomic E-state index is 0.331. The normalized spacial score (nSPS) is 15.1. The largest absolute Gasteiger partial charge is 0.481 e. The molecular weight excluding hydrogens is 348 g/mol. The van der Waals surface area contributed by atoms with Crippen molar-refractivity contribution in [1.29, 1.82) is 0 Å². The molecule has 26 heavy (non-hydrogen) atoms. The summed E-state index contributed by atoms with van der Waals surface area (Å²) in [6.07, 6.45) is -0.180. The third-order valence-electron chi connectivity index (χ3n) is 3.74. The summed E-state index contributed by atoms with van der Waals surface area (Å²) in [5, 5.41) is 24.7. The molecule has 0 aliphatic carbocycles. The third-order valence-corrected chi connectivity index (χ3v) is 3.74. The molecular formula is C15H26N4O7. The fraction of sp³-hybridized carbons (Fsp3) is 0.667. The number of carbonyl (C=O) groups is 5. The van der Waals surface area contributed by atoms with Gasteiger partial charge in [0.1, 0.15) is 18.1 Å². The van der Waals surface area contributed by atoms with Gasteiger partial charge < -0.3 is 31.9 Å². The van der Waals surface area contributed by atoms with E-state index in [0.29, 0.717) is 6.42 Å². The van der Waals surface area contributed by atoms with Crippen molar-refractivity contribution in [1.82, 2.24) is 16.0 Å². The van der Waals surface area contributed by atoms with Gasteiger partial charge in [-0.15, -0.1) is 0 Å². The van der Waals surface area contributed by atoms with Crippen LogP contribution in [0.25, 0.3) is 0 Å². The van der Waals surface area contributed by atoms with Gasteiger partial charge in [-0.05, 0) is 12.8 Å². The zero-order valence-electron chi connectivity index (χ0n) is 14.9. The van der Waals surface area contributed by atoms with Crippen molar-refractivity contribution in [2.24, 2.45) is 11.7 Å². The van der Waals surface area contributed by atoms with Crippen LogP contribution in [0.3, 0.4) is 0 Å². The zero-order valence-corrected chi connectivity index (χ0v) is 14.9. The van der Waals surface area contributed by atoms with Crippen LogP contribution in [0.5, 0.6) is 0 Å². The highest BCUT2D eigenvalue weighted by atomic mass is 16.4. The first kappa shape index (κ1) is 23.3. The summed E-state index contributed by atoms with van der Waals surface area (Å²) < 4.78 is 0. The van der Waals surface area contributed by atoms with E-state index >= 15 is 0 Å². The number of nitrogens with one attached hydrogen (secondary N) is 3. The lowest BCUT2D eigenvalue weighted by atomic mass is 9.99. The van der Waals surface area contributed by atoms with Crippen LogP contribution in [0.15, 0.2) is 0 Å². The number of carboxylic acids is 2. The van der Waals surface area contributed by atoms with Gasteiger partial charge in [-0.25, -0.2) is 4.79 Å². The van der Waals surface area contributed by atoms with E-state index in [1.165, 1.54) is 6.92 Å². The summed E-state index contributed by atoms with van der Waals surface area (Å²) in [6.45, 7) is 4.31. The standard InChI is InChI=1S/C15H26N4O7/c1-4-7(2)12(15(25)26)19-13(23)8(3)17-14(24)9(5-11(21)22)18-10(20)6-16/h7-9,12H,4-6,16H2,1-3H3,(H,17,24)(H,18,20)(H,19,23)(H,21,22)(H,25,26). The van der Waals surface area contributed by atoms with Crippen LogP contribution in [-0.4, -0.2) is 64.5 Å². The molecule has 7 N–H and O–H groups in total. The van der Waals surface area contributed by atoms with E-state index in [9.17, 15) is 29.1 Å². The number of hydrogen-bond acceptors (Lipinski definition) is 6. The summed E-state index contributed by atoms with van der Waals surface area (Å²) in [7, 11) is 0. The molecule has 3 amide bonds. The second-order valence-electron chi connectivity index (χ2n) is 5.86. The third kappa shape index (κ3) is 7.92. The second kappa shape index (κ2) is 11.0. The van der Waals surface area contributed by atoms with Gasteiger partial charge in [-0.3, -0.25) is 19.2 Å². The lowest BCUT2D eigenvalue weighted by molar-refractivity contribution is -0.144. The summed E-state index contributed by atoms with van der Waals surface area (Å²) in [5.41, 5.74) is 5.11. The van der Waals surface area contributed by atoms with Crippen molar-refractivity contribution < 1.29 is 34.2 Å². The van der Waals surface area contributed by atoms with Crippen molar-refractivity contribution in [3.05, 3.63) is 0 Å². The van der Waals surface area contributed by atoms with Gasteiger partial charge in [0.2, 0.25) is 17.7 Å². The van der Waals surface area contributed by atoms with E-state index < -0.39 is 60.8 Å². The average molecular weight is 374 g/mol. The number of rotatable bonds is 11. The smallest absolute Gasteiger partial charge is 0.326 e. The van der Waals surface area contributed by atoms with E-state index in [0.717, 1.165) is 0 Å². The van der Waals surface area contributed by atoms with E-state index in [2.05, 4.69) is 16.0 Å². The Morgan fingerprint density at radius 1 is 0.962 bits per heavy atom. The van der Waals surface area contributed by atoms with Crippen LogP contribution in [-0.2, 0) is 24.0 Å². The minimum Gasteiger partial charge on any atom is -0.481 e. The molecule has 0 spiro atoms. The summed E-state index contributed by atoms with van der Waals surface area (Å²) in [6, 6.07) is -3.68. The van der Waals surface area contributed by atoms with Crippen LogP contribution in [0, 0.1) is 5.92 Å². The fourth-order valence-corrected chi connectivity index (χ4v) is 1.98. The Kier molecular flexibility index (Phi) is 9.89. The number of amides is 3. The first-order valence-corrected chi connectivity index (χ1v) is 8.08. The maximum atomic E-state index is 12.1. The molecule has 0 aliphatic heterocycles. The van der Waals surface area contributed by atoms with Crippen molar-refractivity contribution >= 4 is 29.7 Å². The quantitative estimate of drug-likeness (QED) is 0.240. The molecule has 0 bridgehead atoms. The number of carboxylic acid groups (broad SMARTS) is 2. The molecule has 0 radical (unpaired) electrons. The molecule has 11 heteroatoms. The summed E-state index contributed by atoms with van der Waals surface area (Å²) in [5.74, 6) is -5.24. The van der Waals surface area contributed by atoms with E-state index in [4.69, 9.17) is 10.8 Å². The Morgan fingerprint density at radius 3 is 1.96 bits per heavy atom. The van der Waals surface area contributed by atoms with Gasteiger partial charge in [0.25, 0.3) is 0 Å². The van der Waals surface area contributed by atoms with Crippen LogP contribution in [0.1, 0.15) is 33.6 Å². The topological polar surface area (TPSA) is 188 Å². The molecule has 0 fully saturated rings. The Bertz CT molecular complexity index is 552. The highest BCUT2D eigenvalue weighted by Gasteiger charge is 2.30. The summed E-state index contributed by atoms with van der Waals surface area (Å²) >= 11 is 0. The van der Waals surface area contributed by atoms with Gasteiger partial charge in [0.05, 0.1) is 13.0 Å². The minimum atomic E-state index is -1.41. The van der Waals surface area contributed by atoms with Crippen molar-refractivity contribution in [2.75, 3.05) is 6.54 Å². The molecule has 0 aromatic heterocycles. The van der Waals surface area contributed by atoms with Gasteiger partial charge >= 0.3 is 11.9 Å². The summed E-state index contributed by atoms with van der Waals surface area (Å²) in [4.78, 5) is 57.6. The maximum Gasteiger partial charge on any atom is 0.326 e. The number of aliphatic carboxylic acids is 2. The molecule has 0 saturated carbocycles. The predicted molar refractivity (Wildman–Crippen MR) is 89.9 cm³/mol. The van der Waals surface area contributed by atoms with Crippen LogP contribution in [0.2, 0.25) is 0 Å². The molecule has 148 valence electrons. The molecule has 0 aromatic rings. The highest BCUT2D eigenvalue weighted by molar-refractivity contribution is 5.94. The Labute approximate surface area is 150 Å². The lowest BCUT2D eigenvalue weighted by Crippen LogP contribution is -2.56. The highest BCUT2D eigenvalue weighted by Crippen LogP contribution is 2.08. The van der Waals surface area contributed by atoms with Gasteiger partial charge in [-0.2, -0.15) is 0 Å². The van der Waals surface area contributed by atoms with E-state index in [1.54, 1.807) is 13.8 Å². The molecule has 11 nitrogen and oxygen atoms in total. The zero-order chi connectivity index (χ0) is 20.4. The van der Waals surface area contributed by atoms with Gasteiger partial charge in [0.15, 0.2) is 0 Å². The number of carbonyl (C=O) groups excluding carboxylic acids is 3. The Balaban J connectivity index is 4.96. The van der Waals surface area contributed by atoms with Gasteiger partial charge in [-0.1, -0.05) is 20.3 Å². The lowest BCUT2D eigenvalue weighted by Gasteiger charge is -2.24. The monoisotopic (exact) mass is 374 g/mol. The van der Waals surface area contributed by atoms with Crippen molar-refractivity contribution in [3.8, 4) is 0 Å². The van der Waals surface area contributed by atoms with Crippen LogP contribution in [0.4, 0.5) is 0 Å². The number of hydrogen-bond donors (Lipinski definition) is 6.